The average Bonchev–Trinajstić information content (AvgIpc) is 3.20. The van der Waals surface area contributed by atoms with Crippen molar-refractivity contribution >= 4 is 12.0 Å². The lowest BCUT2D eigenvalue weighted by atomic mass is 10.0. The molecule has 0 spiro atoms. The van der Waals surface area contributed by atoms with E-state index in [0.717, 1.165) is 18.4 Å². The van der Waals surface area contributed by atoms with Gasteiger partial charge in [0.05, 0.1) is 12.0 Å². The zero-order chi connectivity index (χ0) is 15.7. The number of amides is 2. The van der Waals surface area contributed by atoms with Gasteiger partial charge in [0.2, 0.25) is 0 Å². The Kier molecular flexibility index (Phi) is 4.05. The smallest absolute Gasteiger partial charge is 0.317 e. The van der Waals surface area contributed by atoms with Crippen molar-refractivity contribution in [3.63, 3.8) is 0 Å². The van der Waals surface area contributed by atoms with Gasteiger partial charge in [0.25, 0.3) is 0 Å². The van der Waals surface area contributed by atoms with Crippen LogP contribution in [0.15, 0.2) is 24.3 Å². The Hall–Kier alpha value is -2.04. The van der Waals surface area contributed by atoms with Crippen molar-refractivity contribution in [2.75, 3.05) is 13.1 Å². The molecule has 3 rings (SSSR count). The van der Waals surface area contributed by atoms with Gasteiger partial charge in [-0.2, -0.15) is 0 Å². The van der Waals surface area contributed by atoms with Crippen molar-refractivity contribution in [2.24, 2.45) is 11.8 Å². The number of carbonyl (C=O) groups excluding carboxylic acids is 1. The van der Waals surface area contributed by atoms with Gasteiger partial charge in [-0.3, -0.25) is 4.79 Å². The molecule has 1 heterocycles. The van der Waals surface area contributed by atoms with Crippen LogP contribution in [0.5, 0.6) is 0 Å². The summed E-state index contributed by atoms with van der Waals surface area (Å²) in [5, 5.41) is 12.1. The Balaban J connectivity index is 1.65. The van der Waals surface area contributed by atoms with E-state index in [4.69, 9.17) is 5.11 Å². The number of benzene rings is 1. The van der Waals surface area contributed by atoms with Crippen LogP contribution in [0, 0.1) is 18.8 Å². The second-order valence-electron chi connectivity index (χ2n) is 6.45. The fraction of sp³-hybridized carbons (Fsp3) is 0.529. The van der Waals surface area contributed by atoms with Crippen LogP contribution in [-0.4, -0.2) is 35.1 Å². The Morgan fingerprint density at radius 2 is 1.91 bits per heavy atom. The first-order valence-electron chi connectivity index (χ1n) is 7.89. The van der Waals surface area contributed by atoms with Gasteiger partial charge in [-0.15, -0.1) is 0 Å². The van der Waals surface area contributed by atoms with Gasteiger partial charge in [0.15, 0.2) is 0 Å². The van der Waals surface area contributed by atoms with Gasteiger partial charge in [0, 0.05) is 13.1 Å². The van der Waals surface area contributed by atoms with Gasteiger partial charge < -0.3 is 15.3 Å². The molecular formula is C17H22N2O3. The van der Waals surface area contributed by atoms with Crippen molar-refractivity contribution in [3.05, 3.63) is 35.4 Å². The highest BCUT2D eigenvalue weighted by molar-refractivity contribution is 5.77. The molecule has 1 aromatic carbocycles. The number of nitrogens with zero attached hydrogens (tertiary/aromatic N) is 1. The maximum absolute atomic E-state index is 12.4. The molecule has 1 aliphatic heterocycles. The van der Waals surface area contributed by atoms with Crippen molar-refractivity contribution in [1.82, 2.24) is 10.2 Å². The highest BCUT2D eigenvalue weighted by atomic mass is 16.4. The van der Waals surface area contributed by atoms with Crippen LogP contribution < -0.4 is 5.32 Å². The minimum Gasteiger partial charge on any atom is -0.481 e. The Morgan fingerprint density at radius 3 is 2.45 bits per heavy atom. The Morgan fingerprint density at radius 1 is 1.23 bits per heavy atom. The number of carboxylic acid groups (broad SMARTS) is 1. The Labute approximate surface area is 130 Å². The number of hydrogen-bond acceptors (Lipinski definition) is 2. The van der Waals surface area contributed by atoms with Crippen LogP contribution in [0.2, 0.25) is 0 Å². The molecule has 1 saturated heterocycles. The summed E-state index contributed by atoms with van der Waals surface area (Å²) >= 11 is 0. The minimum atomic E-state index is -0.812. The monoisotopic (exact) mass is 302 g/mol. The number of aliphatic carboxylic acids is 1. The molecule has 2 unspecified atom stereocenters. The van der Waals surface area contributed by atoms with E-state index >= 15 is 0 Å². The van der Waals surface area contributed by atoms with Crippen LogP contribution in [0.4, 0.5) is 4.79 Å². The molecule has 0 aromatic heterocycles. The highest BCUT2D eigenvalue weighted by Crippen LogP contribution is 2.41. The quantitative estimate of drug-likeness (QED) is 0.898. The number of carboxylic acids is 1. The number of nitrogens with one attached hydrogen (secondary N) is 1. The van der Waals surface area contributed by atoms with E-state index in [1.165, 1.54) is 5.56 Å². The van der Waals surface area contributed by atoms with Crippen molar-refractivity contribution in [3.8, 4) is 0 Å². The lowest BCUT2D eigenvalue weighted by molar-refractivity contribution is -0.141. The second-order valence-corrected chi connectivity index (χ2v) is 6.45. The lowest BCUT2D eigenvalue weighted by Crippen LogP contribution is -2.41. The Bertz CT molecular complexity index is 566. The first-order chi connectivity index (χ1) is 10.5. The molecule has 5 heteroatoms. The molecule has 1 saturated carbocycles. The van der Waals surface area contributed by atoms with Crippen LogP contribution in [-0.2, 0) is 4.79 Å². The van der Waals surface area contributed by atoms with E-state index in [2.05, 4.69) is 29.6 Å². The molecule has 2 amide bonds. The van der Waals surface area contributed by atoms with Crippen molar-refractivity contribution in [2.45, 2.75) is 32.2 Å². The summed E-state index contributed by atoms with van der Waals surface area (Å²) in [5.41, 5.74) is 2.34. The van der Waals surface area contributed by atoms with E-state index in [9.17, 15) is 9.59 Å². The normalized spacial score (nSPS) is 22.4. The molecule has 0 bridgehead atoms. The van der Waals surface area contributed by atoms with E-state index in [0.29, 0.717) is 25.4 Å². The molecular weight excluding hydrogens is 280 g/mol. The third kappa shape index (κ3) is 3.24. The maximum atomic E-state index is 12.4. The summed E-state index contributed by atoms with van der Waals surface area (Å²) in [6, 6.07) is 8.17. The number of likely N-dealkylation sites (tertiary alicyclic amines) is 1. The van der Waals surface area contributed by atoms with E-state index in [1.807, 2.05) is 6.92 Å². The molecule has 2 atom stereocenters. The van der Waals surface area contributed by atoms with Gasteiger partial charge in [0.1, 0.15) is 0 Å². The molecule has 1 aromatic rings. The average molecular weight is 302 g/mol. The van der Waals surface area contributed by atoms with Gasteiger partial charge in [-0.25, -0.2) is 4.79 Å². The molecule has 22 heavy (non-hydrogen) atoms. The summed E-state index contributed by atoms with van der Waals surface area (Å²) in [6.45, 7) is 2.88. The number of aryl methyl sites for hydroxylation is 1. The van der Waals surface area contributed by atoms with Crippen molar-refractivity contribution < 1.29 is 14.7 Å². The third-order valence-electron chi connectivity index (χ3n) is 4.63. The SMILES string of the molecule is Cc1ccc(C(NC(=O)N2CCC(C(=O)O)C2)C2CC2)cc1. The predicted molar refractivity (Wildman–Crippen MR) is 82.5 cm³/mol. The number of urea groups is 1. The van der Waals surface area contributed by atoms with Crippen LogP contribution >= 0.6 is 0 Å². The lowest BCUT2D eigenvalue weighted by Gasteiger charge is -2.23. The zero-order valence-corrected chi connectivity index (χ0v) is 12.8. The van der Waals surface area contributed by atoms with Crippen molar-refractivity contribution in [1.29, 1.82) is 0 Å². The van der Waals surface area contributed by atoms with Crippen LogP contribution in [0.25, 0.3) is 0 Å². The van der Waals surface area contributed by atoms with Gasteiger partial charge in [-0.05, 0) is 37.7 Å². The molecule has 1 aliphatic carbocycles. The number of carbonyl (C=O) groups is 2. The fourth-order valence-electron chi connectivity index (χ4n) is 3.05. The number of hydrogen-bond donors (Lipinski definition) is 2. The van der Waals surface area contributed by atoms with Gasteiger partial charge >= 0.3 is 12.0 Å². The van der Waals surface area contributed by atoms with Gasteiger partial charge in [-0.1, -0.05) is 29.8 Å². The molecule has 2 N–H and O–H groups in total. The second kappa shape index (κ2) is 5.99. The summed E-state index contributed by atoms with van der Waals surface area (Å²) in [5.74, 6) is -0.735. The summed E-state index contributed by atoms with van der Waals surface area (Å²) in [4.78, 5) is 25.1. The van der Waals surface area contributed by atoms with E-state index in [-0.39, 0.29) is 12.1 Å². The standard InChI is InChI=1S/C17H22N2O3/c1-11-2-4-12(5-3-11)15(13-6-7-13)18-17(22)19-9-8-14(10-19)16(20)21/h2-5,13-15H,6-10H2,1H3,(H,18,22)(H,20,21). The van der Waals surface area contributed by atoms with E-state index < -0.39 is 11.9 Å². The zero-order valence-electron chi connectivity index (χ0n) is 12.8. The summed E-state index contributed by atoms with van der Waals surface area (Å²) < 4.78 is 0. The minimum absolute atomic E-state index is 0.0389. The molecule has 2 aliphatic rings. The molecule has 2 fully saturated rings. The predicted octanol–water partition coefficient (Wildman–Crippen LogP) is 2.56. The summed E-state index contributed by atoms with van der Waals surface area (Å²) in [6.07, 6.45) is 2.81. The molecule has 5 nitrogen and oxygen atoms in total. The number of rotatable bonds is 4. The summed E-state index contributed by atoms with van der Waals surface area (Å²) in [7, 11) is 0. The highest BCUT2D eigenvalue weighted by Gasteiger charge is 2.36. The molecule has 118 valence electrons. The maximum Gasteiger partial charge on any atom is 0.317 e. The third-order valence-corrected chi connectivity index (χ3v) is 4.63. The topological polar surface area (TPSA) is 69.6 Å². The molecule has 0 radical (unpaired) electrons. The first-order valence-corrected chi connectivity index (χ1v) is 7.89. The first kappa shape index (κ1) is 14.9. The van der Waals surface area contributed by atoms with Crippen LogP contribution in [0.3, 0.4) is 0 Å². The van der Waals surface area contributed by atoms with E-state index in [1.54, 1.807) is 4.90 Å². The van der Waals surface area contributed by atoms with Crippen LogP contribution in [0.1, 0.15) is 36.4 Å². The largest absolute Gasteiger partial charge is 0.481 e. The fourth-order valence-corrected chi connectivity index (χ4v) is 3.05.